The van der Waals surface area contributed by atoms with Crippen molar-refractivity contribution in [2.75, 3.05) is 13.1 Å². The molecule has 5 nitrogen and oxygen atoms in total. The van der Waals surface area contributed by atoms with Gasteiger partial charge in [-0.3, -0.25) is 5.01 Å². The molecule has 0 atom stereocenters. The van der Waals surface area contributed by atoms with Crippen LogP contribution in [-0.2, 0) is 0 Å². The van der Waals surface area contributed by atoms with E-state index in [1.807, 2.05) is 0 Å². The van der Waals surface area contributed by atoms with Crippen molar-refractivity contribution in [3.63, 3.8) is 0 Å². The molecule has 0 saturated carbocycles. The van der Waals surface area contributed by atoms with Crippen LogP contribution in [0.15, 0.2) is 5.10 Å². The Morgan fingerprint density at radius 3 is 1.33 bits per heavy atom. The van der Waals surface area contributed by atoms with Gasteiger partial charge in [0.1, 0.15) is 6.34 Å². The van der Waals surface area contributed by atoms with Crippen molar-refractivity contribution >= 4 is 6.34 Å². The van der Waals surface area contributed by atoms with Crippen LogP contribution in [0.4, 0.5) is 52.7 Å². The first-order chi connectivity index (χ1) is 11.7. The summed E-state index contributed by atoms with van der Waals surface area (Å²) in [6.45, 7) is -3.67. The summed E-state index contributed by atoms with van der Waals surface area (Å²) in [5.41, 5.74) is -10.8. The quantitative estimate of drug-likeness (QED) is 0.674. The highest BCUT2D eigenvalue weighted by Crippen LogP contribution is 2.45. The van der Waals surface area contributed by atoms with Crippen LogP contribution >= 0.6 is 0 Å². The lowest BCUT2D eigenvalue weighted by Gasteiger charge is -2.36. The second-order valence-corrected chi connectivity index (χ2v) is 5.23. The average molecular weight is 429 g/mol. The van der Waals surface area contributed by atoms with Gasteiger partial charge in [0.2, 0.25) is 6.67 Å². The zero-order valence-electron chi connectivity index (χ0n) is 12.3. The zero-order chi connectivity index (χ0) is 21.7. The number of hydrogen-bond acceptors (Lipinski definition) is 5. The molecule has 0 bridgehead atoms. The molecule has 1 rings (SSSR count). The van der Waals surface area contributed by atoms with Crippen LogP contribution in [-0.4, -0.2) is 75.5 Å². The van der Waals surface area contributed by atoms with Gasteiger partial charge in [0.05, 0.1) is 13.1 Å². The zero-order valence-corrected chi connectivity index (χ0v) is 12.3. The third-order valence-electron chi connectivity index (χ3n) is 3.23. The van der Waals surface area contributed by atoms with Crippen molar-refractivity contribution < 1.29 is 62.9 Å². The number of alkyl halides is 12. The summed E-state index contributed by atoms with van der Waals surface area (Å²) in [5.74, 6) is 0. The Bertz CT molecular complexity index is 488. The highest BCUT2D eigenvalue weighted by Gasteiger charge is 2.72. The van der Waals surface area contributed by atoms with Gasteiger partial charge in [-0.1, -0.05) is 0 Å². The number of halogens is 12. The van der Waals surface area contributed by atoms with E-state index in [1.165, 1.54) is 6.67 Å². The third-order valence-corrected chi connectivity index (χ3v) is 3.23. The number of rotatable bonds is 4. The van der Waals surface area contributed by atoms with E-state index in [0.29, 0.717) is 0 Å². The predicted octanol–water partition coefficient (Wildman–Crippen LogP) is 2.25. The van der Waals surface area contributed by atoms with Gasteiger partial charge in [-0.15, -0.1) is 0 Å². The molecule has 2 N–H and O–H groups in total. The number of hydrazone groups is 1. The molecule has 1 heterocycles. The van der Waals surface area contributed by atoms with Gasteiger partial charge in [-0.05, 0) is 0 Å². The van der Waals surface area contributed by atoms with Crippen LogP contribution in [0.25, 0.3) is 0 Å². The summed E-state index contributed by atoms with van der Waals surface area (Å²) < 4.78 is 150. The Kier molecular flexibility index (Phi) is 5.59. The fourth-order valence-corrected chi connectivity index (χ4v) is 1.62. The van der Waals surface area contributed by atoms with E-state index >= 15 is 0 Å². The lowest BCUT2D eigenvalue weighted by molar-refractivity contribution is -0.371. The first-order valence-corrected chi connectivity index (χ1v) is 6.22. The summed E-state index contributed by atoms with van der Waals surface area (Å²) in [6, 6.07) is 0. The molecule has 17 heteroatoms. The molecule has 2 radical (unpaired) electrons. The summed E-state index contributed by atoms with van der Waals surface area (Å²) in [7, 11) is 0. The van der Waals surface area contributed by atoms with Gasteiger partial charge in [0.25, 0.3) is 11.2 Å². The summed E-state index contributed by atoms with van der Waals surface area (Å²) in [4.78, 5) is -0.367. The molecule has 27 heavy (non-hydrogen) atoms. The first-order valence-electron chi connectivity index (χ1n) is 6.22. The van der Waals surface area contributed by atoms with Crippen molar-refractivity contribution in [3.8, 4) is 0 Å². The predicted molar refractivity (Wildman–Crippen MR) is 59.3 cm³/mol. The molecule has 0 aromatic carbocycles. The molecule has 0 spiro atoms. The molecule has 0 unspecified atom stereocenters. The van der Waals surface area contributed by atoms with E-state index in [0.717, 1.165) is 0 Å². The maximum atomic E-state index is 12.5. The highest BCUT2D eigenvalue weighted by molar-refractivity contribution is 5.58. The standard InChI is InChI=1S/C10H7F12N3O2/c11-7(12,13)5(26,8(14,15)16)1-24-3-23-25(4-24)2-6(27,9(17,18)19)10(20,21)22/h3,26-27H,1-2H2. The molecule has 158 valence electrons. The first kappa shape index (κ1) is 23.4. The lowest BCUT2D eigenvalue weighted by atomic mass is 10.0. The Labute approximate surface area is 141 Å². The van der Waals surface area contributed by atoms with E-state index in [1.54, 1.807) is 0 Å². The maximum Gasteiger partial charge on any atom is 0.428 e. The van der Waals surface area contributed by atoms with E-state index in [9.17, 15) is 52.7 Å². The Morgan fingerprint density at radius 2 is 1.00 bits per heavy atom. The molecule has 1 aliphatic rings. The van der Waals surface area contributed by atoms with Crippen LogP contribution in [0.1, 0.15) is 0 Å². The van der Waals surface area contributed by atoms with Gasteiger partial charge in [0.15, 0.2) is 0 Å². The van der Waals surface area contributed by atoms with Gasteiger partial charge < -0.3 is 15.1 Å². The van der Waals surface area contributed by atoms with Crippen LogP contribution in [0, 0.1) is 6.67 Å². The number of hydrogen-bond donors (Lipinski definition) is 2. The fraction of sp³-hybridized carbons (Fsp3) is 0.800. The summed E-state index contributed by atoms with van der Waals surface area (Å²) in [5, 5.41) is 20.0. The molecule has 0 amide bonds. The second-order valence-electron chi connectivity index (χ2n) is 5.23. The second kappa shape index (κ2) is 6.46. The SMILES string of the molecule is OC(CN1[C]N(CC(O)(C(F)(F)F)C(F)(F)F)N=C1)(C(F)(F)F)C(F)(F)F. The Hall–Kier alpha value is -1.65. The van der Waals surface area contributed by atoms with E-state index in [4.69, 9.17) is 10.2 Å². The topological polar surface area (TPSA) is 59.3 Å². The van der Waals surface area contributed by atoms with Crippen LogP contribution in [0.2, 0.25) is 0 Å². The smallest absolute Gasteiger partial charge is 0.372 e. The molecule has 0 fully saturated rings. The van der Waals surface area contributed by atoms with E-state index in [-0.39, 0.29) is 11.2 Å². The normalized spacial score (nSPS) is 17.9. The summed E-state index contributed by atoms with van der Waals surface area (Å²) >= 11 is 0. The van der Waals surface area contributed by atoms with Crippen molar-refractivity contribution in [2.24, 2.45) is 5.10 Å². The molecule has 1 aliphatic heterocycles. The van der Waals surface area contributed by atoms with Crippen molar-refractivity contribution in [3.05, 3.63) is 6.67 Å². The molecule has 0 aliphatic carbocycles. The molecule has 0 aromatic heterocycles. The van der Waals surface area contributed by atoms with Crippen LogP contribution < -0.4 is 0 Å². The van der Waals surface area contributed by atoms with Gasteiger partial charge in [-0.25, -0.2) is 0 Å². The van der Waals surface area contributed by atoms with Gasteiger partial charge >= 0.3 is 24.7 Å². The fourth-order valence-electron chi connectivity index (χ4n) is 1.62. The highest BCUT2D eigenvalue weighted by atomic mass is 19.4. The number of β-amino-alcohol motifs (C(OH)–C–C–N with tert-alkyl or cyclic N) is 2. The minimum atomic E-state index is -6.31. The molecular weight excluding hydrogens is 422 g/mol. The third kappa shape index (κ3) is 4.27. The number of aliphatic hydroxyl groups is 2. The largest absolute Gasteiger partial charge is 0.428 e. The van der Waals surface area contributed by atoms with Gasteiger partial charge in [-0.2, -0.15) is 57.8 Å². The van der Waals surface area contributed by atoms with E-state index in [2.05, 4.69) is 5.10 Å². The van der Waals surface area contributed by atoms with Crippen molar-refractivity contribution in [2.45, 2.75) is 35.9 Å². The van der Waals surface area contributed by atoms with Crippen molar-refractivity contribution in [1.29, 1.82) is 0 Å². The maximum absolute atomic E-state index is 12.5. The van der Waals surface area contributed by atoms with Crippen molar-refractivity contribution in [1.82, 2.24) is 9.91 Å². The average Bonchev–Trinajstić information content (AvgIpc) is 2.80. The summed E-state index contributed by atoms with van der Waals surface area (Å²) in [6.07, 6.45) is -25.3. The minimum absolute atomic E-state index is 0.0460. The number of nitrogens with zero attached hydrogens (tertiary/aromatic N) is 3. The molecule has 0 saturated heterocycles. The van der Waals surface area contributed by atoms with Gasteiger partial charge in [0, 0.05) is 0 Å². The van der Waals surface area contributed by atoms with E-state index < -0.39 is 54.0 Å². The lowest BCUT2D eigenvalue weighted by Crippen LogP contribution is -2.63. The Balaban J connectivity index is 2.98. The Morgan fingerprint density at radius 1 is 0.667 bits per heavy atom. The molecular formula is C10H7F12N3O2. The minimum Gasteiger partial charge on any atom is -0.372 e. The van der Waals surface area contributed by atoms with Crippen LogP contribution in [0.3, 0.4) is 0 Å². The molecule has 0 aromatic rings. The monoisotopic (exact) mass is 429 g/mol. The van der Waals surface area contributed by atoms with Crippen LogP contribution in [0.5, 0.6) is 0 Å².